The summed E-state index contributed by atoms with van der Waals surface area (Å²) in [6.07, 6.45) is 4.52. The zero-order valence-corrected chi connectivity index (χ0v) is 10.3. The van der Waals surface area contributed by atoms with Crippen molar-refractivity contribution in [3.8, 4) is 0 Å². The molecule has 0 radical (unpaired) electrons. The molecule has 1 atom stereocenters. The SMILES string of the molecule is CCCCC(CC)C[O][Zr](=[O])[OH]. The molecule has 0 saturated heterocycles. The molecule has 0 rings (SSSR count). The third kappa shape index (κ3) is 7.26. The van der Waals surface area contributed by atoms with Crippen LogP contribution >= 0.6 is 0 Å². The molecule has 0 heterocycles. The molecule has 0 bridgehead atoms. The van der Waals surface area contributed by atoms with Crippen molar-refractivity contribution in [1.82, 2.24) is 0 Å². The molecular formula is C8H18O3Zr. The van der Waals surface area contributed by atoms with Gasteiger partial charge in [-0.2, -0.15) is 0 Å². The van der Waals surface area contributed by atoms with Gasteiger partial charge < -0.3 is 0 Å². The Morgan fingerprint density at radius 3 is 2.58 bits per heavy atom. The van der Waals surface area contributed by atoms with Gasteiger partial charge in [-0.3, -0.25) is 0 Å². The fourth-order valence-corrected chi connectivity index (χ4v) is 2.02. The summed E-state index contributed by atoms with van der Waals surface area (Å²) >= 11 is -3.51. The van der Waals surface area contributed by atoms with E-state index in [4.69, 9.17) is 6.00 Å². The van der Waals surface area contributed by atoms with Gasteiger partial charge in [-0.15, -0.1) is 0 Å². The summed E-state index contributed by atoms with van der Waals surface area (Å²) < 4.78 is 23.7. The van der Waals surface area contributed by atoms with E-state index in [-0.39, 0.29) is 0 Å². The van der Waals surface area contributed by atoms with Gasteiger partial charge in [0.25, 0.3) is 0 Å². The molecule has 0 aromatic rings. The second kappa shape index (κ2) is 8.21. The number of unbranched alkanes of at least 4 members (excludes halogenated alkanes) is 1. The molecule has 72 valence electrons. The fourth-order valence-electron chi connectivity index (χ4n) is 1.09. The molecule has 1 N–H and O–H groups in total. The molecule has 0 aromatic carbocycles. The molecule has 0 saturated carbocycles. The van der Waals surface area contributed by atoms with E-state index >= 15 is 0 Å². The second-order valence-electron chi connectivity index (χ2n) is 2.99. The first-order valence-electron chi connectivity index (χ1n) is 4.56. The molecule has 0 fully saturated rings. The molecule has 0 aliphatic rings. The van der Waals surface area contributed by atoms with E-state index in [1.54, 1.807) is 0 Å². The summed E-state index contributed by atoms with van der Waals surface area (Å²) in [6.45, 7) is 4.72. The molecule has 0 aromatic heterocycles. The minimum atomic E-state index is -3.51. The molecule has 1 unspecified atom stereocenters. The van der Waals surface area contributed by atoms with Crippen LogP contribution in [0, 0.1) is 5.92 Å². The third-order valence-corrected chi connectivity index (χ3v) is 3.00. The van der Waals surface area contributed by atoms with Crippen LogP contribution in [-0.2, 0) is 28.3 Å². The van der Waals surface area contributed by atoms with Crippen LogP contribution in [0.1, 0.15) is 39.5 Å². The quantitative estimate of drug-likeness (QED) is 0.755. The Morgan fingerprint density at radius 2 is 2.17 bits per heavy atom. The molecule has 0 aliphatic carbocycles. The molecule has 12 heavy (non-hydrogen) atoms. The number of hydrogen-bond donors (Lipinski definition) is 1. The first kappa shape index (κ1) is 12.6. The van der Waals surface area contributed by atoms with E-state index in [2.05, 4.69) is 13.8 Å². The summed E-state index contributed by atoms with van der Waals surface area (Å²) in [6, 6.07) is 0. The topological polar surface area (TPSA) is 46.5 Å². The first-order chi connectivity index (χ1) is 5.70. The van der Waals surface area contributed by atoms with Gasteiger partial charge in [0, 0.05) is 0 Å². The minimum absolute atomic E-state index is 0.474. The molecular weight excluding hydrogens is 235 g/mol. The van der Waals surface area contributed by atoms with Gasteiger partial charge in [-0.25, -0.2) is 0 Å². The van der Waals surface area contributed by atoms with Crippen molar-refractivity contribution in [3.05, 3.63) is 0 Å². The summed E-state index contributed by atoms with van der Waals surface area (Å²) in [5, 5.41) is 0. The monoisotopic (exact) mass is 252 g/mol. The van der Waals surface area contributed by atoms with Crippen molar-refractivity contribution in [3.63, 3.8) is 0 Å². The van der Waals surface area contributed by atoms with E-state index < -0.39 is 22.6 Å². The molecule has 0 aliphatic heterocycles. The molecule has 3 nitrogen and oxygen atoms in total. The van der Waals surface area contributed by atoms with E-state index in [9.17, 15) is 2.81 Å². The first-order valence-corrected chi connectivity index (χ1v) is 7.67. The maximum atomic E-state index is 10.4. The second-order valence-corrected chi connectivity index (χ2v) is 5.01. The number of hydrogen-bond acceptors (Lipinski definition) is 2. The van der Waals surface area contributed by atoms with Crippen molar-refractivity contribution in [2.75, 3.05) is 6.61 Å². The normalized spacial score (nSPS) is 12.9. The summed E-state index contributed by atoms with van der Waals surface area (Å²) in [4.78, 5) is 0. The van der Waals surface area contributed by atoms with Gasteiger partial charge in [-0.05, 0) is 0 Å². The van der Waals surface area contributed by atoms with Gasteiger partial charge in [0.2, 0.25) is 0 Å². The van der Waals surface area contributed by atoms with Crippen molar-refractivity contribution in [2.24, 2.45) is 5.92 Å². The Kier molecular flexibility index (Phi) is 8.63. The van der Waals surface area contributed by atoms with Crippen LogP contribution in [0.25, 0.3) is 0 Å². The third-order valence-electron chi connectivity index (χ3n) is 1.99. The van der Waals surface area contributed by atoms with Gasteiger partial charge in [-0.1, -0.05) is 0 Å². The van der Waals surface area contributed by atoms with E-state index in [1.165, 1.54) is 12.8 Å². The van der Waals surface area contributed by atoms with Crippen LogP contribution in [0.4, 0.5) is 0 Å². The van der Waals surface area contributed by atoms with E-state index in [0.717, 1.165) is 12.8 Å². The standard InChI is InChI=1S/C8H17O.H2O.O.Zr/c1-3-5-6-8(4-2)7-9;;;/h8H,3-7H2,1-2H3;1H2;;/q-1;;;+2/p-1. The van der Waals surface area contributed by atoms with Crippen molar-refractivity contribution in [2.45, 2.75) is 39.5 Å². The zero-order valence-electron chi connectivity index (χ0n) is 7.88. The van der Waals surface area contributed by atoms with Crippen molar-refractivity contribution in [1.29, 1.82) is 0 Å². The molecule has 0 amide bonds. The van der Waals surface area contributed by atoms with Crippen LogP contribution in [0.2, 0.25) is 0 Å². The van der Waals surface area contributed by atoms with Crippen molar-refractivity contribution < 1.29 is 31.4 Å². The number of rotatable bonds is 7. The van der Waals surface area contributed by atoms with Crippen LogP contribution in [0.3, 0.4) is 0 Å². The fraction of sp³-hybridized carbons (Fsp3) is 1.00. The van der Waals surface area contributed by atoms with Gasteiger partial charge in [0.1, 0.15) is 0 Å². The summed E-state index contributed by atoms with van der Waals surface area (Å²) in [5.74, 6) is 0.474. The van der Waals surface area contributed by atoms with Crippen LogP contribution < -0.4 is 0 Å². The van der Waals surface area contributed by atoms with Crippen LogP contribution in [0.5, 0.6) is 0 Å². The van der Waals surface area contributed by atoms with Gasteiger partial charge in [0.05, 0.1) is 0 Å². The van der Waals surface area contributed by atoms with Gasteiger partial charge in [0.15, 0.2) is 0 Å². The Bertz CT molecular complexity index is 127. The van der Waals surface area contributed by atoms with Crippen LogP contribution in [-0.4, -0.2) is 9.79 Å². The Labute approximate surface area is 83.5 Å². The van der Waals surface area contributed by atoms with Gasteiger partial charge >= 0.3 is 83.5 Å². The Hall–Kier alpha value is 0.603. The zero-order chi connectivity index (χ0) is 9.40. The van der Waals surface area contributed by atoms with Crippen molar-refractivity contribution >= 4 is 0 Å². The average Bonchev–Trinajstić information content (AvgIpc) is 2.05. The Morgan fingerprint density at radius 1 is 1.50 bits per heavy atom. The summed E-state index contributed by atoms with van der Waals surface area (Å²) in [7, 11) is 0. The average molecular weight is 253 g/mol. The maximum absolute atomic E-state index is 10.4. The Balaban J connectivity index is 3.45. The van der Waals surface area contributed by atoms with E-state index in [1.807, 2.05) is 0 Å². The predicted octanol–water partition coefficient (Wildman–Crippen LogP) is 2.01. The molecule has 0 spiro atoms. The summed E-state index contributed by atoms with van der Waals surface area (Å²) in [5.41, 5.74) is 0. The van der Waals surface area contributed by atoms with Crippen LogP contribution in [0.15, 0.2) is 0 Å². The molecule has 4 heteroatoms. The predicted molar refractivity (Wildman–Crippen MR) is 42.2 cm³/mol. The van der Waals surface area contributed by atoms with E-state index in [0.29, 0.717) is 12.5 Å².